The third kappa shape index (κ3) is 6.05. The molecule has 0 spiro atoms. The zero-order chi connectivity index (χ0) is 10.1. The molecule has 1 aliphatic rings. The van der Waals surface area contributed by atoms with Gasteiger partial charge in [0.2, 0.25) is 0 Å². The van der Waals surface area contributed by atoms with Crippen molar-refractivity contribution in [3.63, 3.8) is 0 Å². The molecule has 0 radical (unpaired) electrons. The SMILES string of the molecule is CCCCNC1CCC1C.CCO. The van der Waals surface area contributed by atoms with Crippen molar-refractivity contribution < 1.29 is 5.11 Å². The zero-order valence-corrected chi connectivity index (χ0v) is 9.34. The summed E-state index contributed by atoms with van der Waals surface area (Å²) in [5, 5.41) is 11.1. The first-order chi connectivity index (χ1) is 6.26. The van der Waals surface area contributed by atoms with E-state index in [1.54, 1.807) is 6.92 Å². The first-order valence-corrected chi connectivity index (χ1v) is 5.60. The second-order valence-corrected chi connectivity index (χ2v) is 3.79. The van der Waals surface area contributed by atoms with E-state index in [2.05, 4.69) is 19.2 Å². The number of unbranched alkanes of at least 4 members (excludes halogenated alkanes) is 1. The Hall–Kier alpha value is -0.0800. The molecule has 0 aromatic rings. The van der Waals surface area contributed by atoms with Gasteiger partial charge in [-0.1, -0.05) is 20.3 Å². The van der Waals surface area contributed by atoms with Crippen molar-refractivity contribution in [1.29, 1.82) is 0 Å². The highest BCUT2D eigenvalue weighted by atomic mass is 16.2. The minimum atomic E-state index is 0.250. The topological polar surface area (TPSA) is 32.3 Å². The molecule has 0 aromatic carbocycles. The molecule has 13 heavy (non-hydrogen) atoms. The standard InChI is InChI=1S/C9H19N.C2H6O/c1-3-4-7-10-9-6-5-8(9)2;1-2-3/h8-10H,3-7H2,1-2H3;3H,2H2,1H3. The first-order valence-electron chi connectivity index (χ1n) is 5.60. The molecule has 2 N–H and O–H groups in total. The van der Waals surface area contributed by atoms with Crippen LogP contribution in [0.3, 0.4) is 0 Å². The van der Waals surface area contributed by atoms with Crippen molar-refractivity contribution in [2.24, 2.45) is 5.92 Å². The lowest BCUT2D eigenvalue weighted by molar-refractivity contribution is 0.229. The number of nitrogens with one attached hydrogen (secondary N) is 1. The number of aliphatic hydroxyl groups excluding tert-OH is 1. The number of hydrogen-bond acceptors (Lipinski definition) is 2. The molecule has 1 fully saturated rings. The largest absolute Gasteiger partial charge is 0.397 e. The lowest BCUT2D eigenvalue weighted by Crippen LogP contribution is -2.42. The van der Waals surface area contributed by atoms with Crippen LogP contribution in [0.2, 0.25) is 0 Å². The highest BCUT2D eigenvalue weighted by Gasteiger charge is 2.25. The Morgan fingerprint density at radius 2 is 1.92 bits per heavy atom. The predicted octanol–water partition coefficient (Wildman–Crippen LogP) is 2.17. The minimum absolute atomic E-state index is 0.250. The van der Waals surface area contributed by atoms with Gasteiger partial charge in [-0.2, -0.15) is 0 Å². The van der Waals surface area contributed by atoms with E-state index in [0.29, 0.717) is 0 Å². The second kappa shape index (κ2) is 8.52. The minimum Gasteiger partial charge on any atom is -0.397 e. The van der Waals surface area contributed by atoms with Gasteiger partial charge in [0.25, 0.3) is 0 Å². The molecule has 2 unspecified atom stereocenters. The number of rotatable bonds is 4. The van der Waals surface area contributed by atoms with Gasteiger partial charge < -0.3 is 10.4 Å². The second-order valence-electron chi connectivity index (χ2n) is 3.79. The van der Waals surface area contributed by atoms with Crippen LogP contribution < -0.4 is 5.32 Å². The van der Waals surface area contributed by atoms with Gasteiger partial charge >= 0.3 is 0 Å². The Balaban J connectivity index is 0.000000424. The Kier molecular flexibility index (Phi) is 8.46. The van der Waals surface area contributed by atoms with Crippen LogP contribution in [0, 0.1) is 5.92 Å². The van der Waals surface area contributed by atoms with Gasteiger partial charge in [0.1, 0.15) is 0 Å². The smallest absolute Gasteiger partial charge is 0.0402 e. The summed E-state index contributed by atoms with van der Waals surface area (Å²) in [6.07, 6.45) is 5.49. The van der Waals surface area contributed by atoms with E-state index in [1.807, 2.05) is 0 Å². The summed E-state index contributed by atoms with van der Waals surface area (Å²) in [6, 6.07) is 0.853. The predicted molar refractivity (Wildman–Crippen MR) is 57.9 cm³/mol. The maximum Gasteiger partial charge on any atom is 0.0402 e. The fourth-order valence-electron chi connectivity index (χ4n) is 1.43. The van der Waals surface area contributed by atoms with Crippen LogP contribution in [0.25, 0.3) is 0 Å². The van der Waals surface area contributed by atoms with Gasteiger partial charge in [0.15, 0.2) is 0 Å². The van der Waals surface area contributed by atoms with Gasteiger partial charge in [-0.15, -0.1) is 0 Å². The molecule has 2 atom stereocenters. The fraction of sp³-hybridized carbons (Fsp3) is 1.00. The molecular weight excluding hydrogens is 162 g/mol. The van der Waals surface area contributed by atoms with Crippen LogP contribution in [-0.2, 0) is 0 Å². The van der Waals surface area contributed by atoms with Gasteiger partial charge in [-0.25, -0.2) is 0 Å². The first kappa shape index (κ1) is 12.9. The van der Waals surface area contributed by atoms with Crippen LogP contribution >= 0.6 is 0 Å². The summed E-state index contributed by atoms with van der Waals surface area (Å²) in [6.45, 7) is 7.74. The van der Waals surface area contributed by atoms with Crippen molar-refractivity contribution in [2.45, 2.75) is 52.5 Å². The van der Waals surface area contributed by atoms with E-state index in [9.17, 15) is 0 Å². The molecule has 2 heteroatoms. The average Bonchev–Trinajstić information content (AvgIpc) is 2.11. The highest BCUT2D eigenvalue weighted by Crippen LogP contribution is 2.26. The maximum atomic E-state index is 7.57. The van der Waals surface area contributed by atoms with Crippen LogP contribution in [-0.4, -0.2) is 24.3 Å². The molecule has 0 aromatic heterocycles. The third-order valence-corrected chi connectivity index (χ3v) is 2.56. The van der Waals surface area contributed by atoms with E-state index in [4.69, 9.17) is 5.11 Å². The van der Waals surface area contributed by atoms with Gasteiger partial charge in [0.05, 0.1) is 0 Å². The molecule has 1 aliphatic carbocycles. The quantitative estimate of drug-likeness (QED) is 0.661. The highest BCUT2D eigenvalue weighted by molar-refractivity contribution is 4.83. The lowest BCUT2D eigenvalue weighted by atomic mass is 9.81. The van der Waals surface area contributed by atoms with E-state index >= 15 is 0 Å². The van der Waals surface area contributed by atoms with Gasteiger partial charge in [-0.3, -0.25) is 0 Å². The van der Waals surface area contributed by atoms with Gasteiger partial charge in [-0.05, 0) is 38.6 Å². The molecule has 0 amide bonds. The molecular formula is C11H25NO. The monoisotopic (exact) mass is 187 g/mol. The zero-order valence-electron chi connectivity index (χ0n) is 9.34. The van der Waals surface area contributed by atoms with Crippen LogP contribution in [0.15, 0.2) is 0 Å². The normalized spacial score (nSPS) is 25.8. The summed E-state index contributed by atoms with van der Waals surface area (Å²) >= 11 is 0. The summed E-state index contributed by atoms with van der Waals surface area (Å²) < 4.78 is 0. The molecule has 0 heterocycles. The molecule has 1 rings (SSSR count). The van der Waals surface area contributed by atoms with Crippen LogP contribution in [0.1, 0.15) is 46.5 Å². The average molecular weight is 187 g/mol. The summed E-state index contributed by atoms with van der Waals surface area (Å²) in [7, 11) is 0. The van der Waals surface area contributed by atoms with Crippen molar-refractivity contribution in [2.75, 3.05) is 13.2 Å². The Morgan fingerprint density at radius 1 is 1.31 bits per heavy atom. The van der Waals surface area contributed by atoms with E-state index in [-0.39, 0.29) is 6.61 Å². The van der Waals surface area contributed by atoms with E-state index < -0.39 is 0 Å². The summed E-state index contributed by atoms with van der Waals surface area (Å²) in [5.74, 6) is 0.942. The van der Waals surface area contributed by atoms with Crippen molar-refractivity contribution in [3.8, 4) is 0 Å². The summed E-state index contributed by atoms with van der Waals surface area (Å²) in [5.41, 5.74) is 0. The number of aliphatic hydroxyl groups is 1. The van der Waals surface area contributed by atoms with Crippen molar-refractivity contribution >= 4 is 0 Å². The van der Waals surface area contributed by atoms with Gasteiger partial charge in [0, 0.05) is 12.6 Å². The number of hydrogen-bond donors (Lipinski definition) is 2. The van der Waals surface area contributed by atoms with Crippen LogP contribution in [0.4, 0.5) is 0 Å². The Bertz CT molecular complexity index is 106. The lowest BCUT2D eigenvalue weighted by Gasteiger charge is -2.34. The van der Waals surface area contributed by atoms with E-state index in [1.165, 1.54) is 32.2 Å². The molecule has 2 nitrogen and oxygen atoms in total. The Labute approximate surface area is 82.7 Å². The Morgan fingerprint density at radius 3 is 2.23 bits per heavy atom. The van der Waals surface area contributed by atoms with E-state index in [0.717, 1.165) is 12.0 Å². The maximum absolute atomic E-state index is 7.57. The molecule has 0 saturated heterocycles. The third-order valence-electron chi connectivity index (χ3n) is 2.56. The molecule has 0 bridgehead atoms. The molecule has 80 valence electrons. The van der Waals surface area contributed by atoms with Crippen molar-refractivity contribution in [1.82, 2.24) is 5.32 Å². The van der Waals surface area contributed by atoms with Crippen molar-refractivity contribution in [3.05, 3.63) is 0 Å². The molecule has 0 aliphatic heterocycles. The summed E-state index contributed by atoms with van der Waals surface area (Å²) in [4.78, 5) is 0. The van der Waals surface area contributed by atoms with Crippen LogP contribution in [0.5, 0.6) is 0 Å². The fourth-order valence-corrected chi connectivity index (χ4v) is 1.43. The molecule has 1 saturated carbocycles.